The van der Waals surface area contributed by atoms with Gasteiger partial charge in [-0.2, -0.15) is 4.98 Å². The molecule has 0 bridgehead atoms. The normalized spacial score (nSPS) is 12.1. The van der Waals surface area contributed by atoms with Crippen molar-refractivity contribution < 1.29 is 9.84 Å². The summed E-state index contributed by atoms with van der Waals surface area (Å²) in [5, 5.41) is 13.8. The van der Waals surface area contributed by atoms with Crippen LogP contribution in [-0.2, 0) is 20.1 Å². The third-order valence-electron chi connectivity index (χ3n) is 5.16. The lowest BCUT2D eigenvalue weighted by Gasteiger charge is -2.16. The van der Waals surface area contributed by atoms with Crippen LogP contribution < -0.4 is 21.3 Å². The van der Waals surface area contributed by atoms with Gasteiger partial charge in [-0.05, 0) is 24.6 Å². The first-order valence-electron chi connectivity index (χ1n) is 10.3. The molecule has 0 unspecified atom stereocenters. The summed E-state index contributed by atoms with van der Waals surface area (Å²) in [4.78, 5) is 31.4. The third-order valence-corrected chi connectivity index (χ3v) is 5.16. The highest BCUT2D eigenvalue weighted by molar-refractivity contribution is 5.74. The van der Waals surface area contributed by atoms with E-state index in [-0.39, 0.29) is 24.3 Å². The van der Waals surface area contributed by atoms with Crippen molar-refractivity contribution in [3.05, 3.63) is 86.6 Å². The van der Waals surface area contributed by atoms with E-state index in [1.165, 1.54) is 11.6 Å². The van der Waals surface area contributed by atoms with Crippen LogP contribution in [0.15, 0.2) is 64.2 Å². The molecule has 0 fully saturated rings. The molecular weight excluding hydrogens is 410 g/mol. The zero-order valence-electron chi connectivity index (χ0n) is 17.9. The molecule has 9 heteroatoms. The summed E-state index contributed by atoms with van der Waals surface area (Å²) in [6.45, 7) is 2.54. The fourth-order valence-electron chi connectivity index (χ4n) is 3.41. The van der Waals surface area contributed by atoms with Crippen LogP contribution in [0.1, 0.15) is 11.1 Å². The molecule has 0 saturated heterocycles. The lowest BCUT2D eigenvalue weighted by Crippen LogP contribution is -2.31. The van der Waals surface area contributed by atoms with Crippen molar-refractivity contribution in [2.45, 2.75) is 26.1 Å². The summed E-state index contributed by atoms with van der Waals surface area (Å²) in [5.74, 6) is 1.03. The lowest BCUT2D eigenvalue weighted by molar-refractivity contribution is 0.0938. The summed E-state index contributed by atoms with van der Waals surface area (Å²) < 4.78 is 8.54. The molecule has 0 amide bonds. The van der Waals surface area contributed by atoms with Crippen LogP contribution in [-0.4, -0.2) is 36.9 Å². The molecule has 166 valence electrons. The van der Waals surface area contributed by atoms with Crippen molar-refractivity contribution >= 4 is 17.1 Å². The molecule has 0 saturated carbocycles. The number of imidazole rings is 1. The number of nitrogens with zero attached hydrogens (tertiary/aromatic N) is 3. The molecule has 1 atom stereocenters. The highest BCUT2D eigenvalue weighted by Gasteiger charge is 2.20. The fraction of sp³-hybridized carbons (Fsp3) is 0.261. The van der Waals surface area contributed by atoms with Gasteiger partial charge in [0.15, 0.2) is 11.2 Å². The van der Waals surface area contributed by atoms with Crippen molar-refractivity contribution in [2.24, 2.45) is 7.05 Å². The molecule has 32 heavy (non-hydrogen) atoms. The Hall–Kier alpha value is -3.85. The largest absolute Gasteiger partial charge is 0.491 e. The SMILES string of the molecule is Cc1ccc(OC[C@H](O)Cn2c(NCc3ccccc3)nc3c2c(=O)[nH]c(=O)n3C)cc1. The molecule has 4 rings (SSSR count). The topological polar surface area (TPSA) is 114 Å². The van der Waals surface area contributed by atoms with E-state index in [4.69, 9.17) is 4.74 Å². The summed E-state index contributed by atoms with van der Waals surface area (Å²) in [6.07, 6.45) is -0.914. The average Bonchev–Trinajstić information content (AvgIpc) is 3.15. The van der Waals surface area contributed by atoms with Gasteiger partial charge in [-0.1, -0.05) is 48.0 Å². The Morgan fingerprint density at radius 1 is 1.12 bits per heavy atom. The number of ether oxygens (including phenoxy) is 1. The Balaban J connectivity index is 1.61. The lowest BCUT2D eigenvalue weighted by atomic mass is 10.2. The minimum Gasteiger partial charge on any atom is -0.491 e. The molecule has 9 nitrogen and oxygen atoms in total. The van der Waals surface area contributed by atoms with Crippen molar-refractivity contribution in [2.75, 3.05) is 11.9 Å². The number of aliphatic hydroxyl groups excluding tert-OH is 1. The molecule has 2 heterocycles. The fourth-order valence-corrected chi connectivity index (χ4v) is 3.41. The maximum absolute atomic E-state index is 12.6. The molecule has 0 aliphatic carbocycles. The first-order chi connectivity index (χ1) is 15.4. The maximum atomic E-state index is 12.6. The van der Waals surface area contributed by atoms with Crippen LogP contribution in [0.4, 0.5) is 5.95 Å². The number of H-pyrrole nitrogens is 1. The number of aromatic nitrogens is 4. The van der Waals surface area contributed by atoms with Gasteiger partial charge in [0.05, 0.1) is 6.54 Å². The summed E-state index contributed by atoms with van der Waals surface area (Å²) >= 11 is 0. The van der Waals surface area contributed by atoms with E-state index in [9.17, 15) is 14.7 Å². The van der Waals surface area contributed by atoms with Crippen molar-refractivity contribution in [1.29, 1.82) is 0 Å². The summed E-state index contributed by atoms with van der Waals surface area (Å²) in [7, 11) is 1.54. The predicted octanol–water partition coefficient (Wildman–Crippen LogP) is 1.78. The molecule has 2 aromatic heterocycles. The predicted molar refractivity (Wildman–Crippen MR) is 122 cm³/mol. The summed E-state index contributed by atoms with van der Waals surface area (Å²) in [5.41, 5.74) is 1.47. The van der Waals surface area contributed by atoms with Crippen LogP contribution in [0.25, 0.3) is 11.2 Å². The Morgan fingerprint density at radius 2 is 1.84 bits per heavy atom. The third kappa shape index (κ3) is 4.57. The van der Waals surface area contributed by atoms with Gasteiger partial charge in [-0.3, -0.25) is 14.3 Å². The number of aliphatic hydroxyl groups is 1. The Morgan fingerprint density at radius 3 is 2.56 bits per heavy atom. The van der Waals surface area contributed by atoms with E-state index in [2.05, 4.69) is 15.3 Å². The number of nitrogens with one attached hydrogen (secondary N) is 2. The number of aryl methyl sites for hydroxylation is 2. The van der Waals surface area contributed by atoms with Gasteiger partial charge in [0.2, 0.25) is 5.95 Å². The quantitative estimate of drug-likeness (QED) is 0.389. The van der Waals surface area contributed by atoms with Gasteiger partial charge < -0.3 is 19.7 Å². The number of hydrogen-bond acceptors (Lipinski definition) is 6. The van der Waals surface area contributed by atoms with E-state index in [1.54, 1.807) is 4.57 Å². The second-order valence-electron chi connectivity index (χ2n) is 7.65. The van der Waals surface area contributed by atoms with E-state index in [1.807, 2.05) is 61.5 Å². The maximum Gasteiger partial charge on any atom is 0.329 e. The first-order valence-corrected chi connectivity index (χ1v) is 10.3. The Labute approximate surface area is 183 Å². The van der Waals surface area contributed by atoms with Gasteiger partial charge in [0, 0.05) is 13.6 Å². The van der Waals surface area contributed by atoms with Gasteiger partial charge in [-0.15, -0.1) is 0 Å². The zero-order valence-corrected chi connectivity index (χ0v) is 17.9. The highest BCUT2D eigenvalue weighted by Crippen LogP contribution is 2.18. The monoisotopic (exact) mass is 435 g/mol. The summed E-state index contributed by atoms with van der Waals surface area (Å²) in [6, 6.07) is 17.2. The Bertz CT molecular complexity index is 1320. The van der Waals surface area contributed by atoms with E-state index < -0.39 is 17.4 Å². The molecule has 3 N–H and O–H groups in total. The molecular formula is C23H25N5O4. The van der Waals surface area contributed by atoms with Gasteiger partial charge in [0.25, 0.3) is 5.56 Å². The van der Waals surface area contributed by atoms with Crippen LogP contribution in [0.5, 0.6) is 5.75 Å². The van der Waals surface area contributed by atoms with Crippen molar-refractivity contribution in [1.82, 2.24) is 19.1 Å². The van der Waals surface area contributed by atoms with Crippen LogP contribution in [0.2, 0.25) is 0 Å². The Kier molecular flexibility index (Phi) is 6.09. The first kappa shape index (κ1) is 21.4. The molecule has 4 aromatic rings. The van der Waals surface area contributed by atoms with Crippen LogP contribution >= 0.6 is 0 Å². The number of benzene rings is 2. The van der Waals surface area contributed by atoms with Crippen molar-refractivity contribution in [3.63, 3.8) is 0 Å². The molecule has 0 spiro atoms. The number of fused-ring (bicyclic) bond motifs is 1. The molecule has 2 aromatic carbocycles. The van der Waals surface area contributed by atoms with Crippen LogP contribution in [0, 0.1) is 6.92 Å². The van der Waals surface area contributed by atoms with Gasteiger partial charge in [0.1, 0.15) is 18.5 Å². The second kappa shape index (κ2) is 9.11. The van der Waals surface area contributed by atoms with Crippen molar-refractivity contribution in [3.8, 4) is 5.75 Å². The minimum absolute atomic E-state index is 0.0323. The molecule has 0 aliphatic heterocycles. The standard InChI is InChI=1S/C23H25N5O4/c1-15-8-10-18(11-9-15)32-14-17(29)13-28-19-20(27(2)23(31)26-21(19)30)25-22(28)24-12-16-6-4-3-5-7-16/h3-11,17,29H,12-14H2,1-2H3,(H,24,25)(H,26,30,31)/t17-/m1/s1. The number of anilines is 1. The zero-order chi connectivity index (χ0) is 22.7. The van der Waals surface area contributed by atoms with E-state index >= 15 is 0 Å². The second-order valence-corrected chi connectivity index (χ2v) is 7.65. The number of hydrogen-bond donors (Lipinski definition) is 3. The highest BCUT2D eigenvalue weighted by atomic mass is 16.5. The molecule has 0 radical (unpaired) electrons. The van der Waals surface area contributed by atoms with E-state index in [0.29, 0.717) is 18.2 Å². The number of aromatic amines is 1. The minimum atomic E-state index is -0.914. The van der Waals surface area contributed by atoms with E-state index in [0.717, 1.165) is 11.1 Å². The van der Waals surface area contributed by atoms with Gasteiger partial charge >= 0.3 is 5.69 Å². The smallest absolute Gasteiger partial charge is 0.329 e. The number of rotatable bonds is 8. The van der Waals surface area contributed by atoms with Gasteiger partial charge in [-0.25, -0.2) is 4.79 Å². The van der Waals surface area contributed by atoms with Crippen LogP contribution in [0.3, 0.4) is 0 Å². The average molecular weight is 435 g/mol. The molecule has 0 aliphatic rings.